The maximum absolute atomic E-state index is 12.7. The van der Waals surface area contributed by atoms with Crippen LogP contribution in [0.3, 0.4) is 0 Å². The Morgan fingerprint density at radius 1 is 1.25 bits per heavy atom. The largest absolute Gasteiger partial charge is 0.355 e. The van der Waals surface area contributed by atoms with Crippen LogP contribution in [0.25, 0.3) is 0 Å². The van der Waals surface area contributed by atoms with E-state index >= 15 is 0 Å². The van der Waals surface area contributed by atoms with Crippen molar-refractivity contribution >= 4 is 17.7 Å². The van der Waals surface area contributed by atoms with Crippen LogP contribution in [-0.4, -0.2) is 23.5 Å². The van der Waals surface area contributed by atoms with Gasteiger partial charge in [0.1, 0.15) is 5.82 Å². The molecular formula is C16H22FNOS. The number of benzene rings is 1. The maximum Gasteiger partial charge on any atom is 0.220 e. The highest BCUT2D eigenvalue weighted by atomic mass is 32.2. The van der Waals surface area contributed by atoms with Crippen molar-refractivity contribution in [2.45, 2.75) is 43.8 Å². The van der Waals surface area contributed by atoms with Gasteiger partial charge in [0, 0.05) is 24.0 Å². The van der Waals surface area contributed by atoms with E-state index in [0.29, 0.717) is 12.8 Å². The van der Waals surface area contributed by atoms with Crippen LogP contribution in [0, 0.1) is 5.82 Å². The summed E-state index contributed by atoms with van der Waals surface area (Å²) in [6, 6.07) is 6.34. The minimum atomic E-state index is -0.234. The Labute approximate surface area is 124 Å². The van der Waals surface area contributed by atoms with Crippen LogP contribution in [0.2, 0.25) is 0 Å². The van der Waals surface area contributed by atoms with E-state index in [1.807, 2.05) is 11.8 Å². The van der Waals surface area contributed by atoms with Crippen LogP contribution >= 0.6 is 11.8 Å². The first-order valence-electron chi connectivity index (χ1n) is 7.37. The molecule has 1 fully saturated rings. The van der Waals surface area contributed by atoms with Crippen LogP contribution in [0.5, 0.6) is 0 Å². The second kappa shape index (κ2) is 8.30. The van der Waals surface area contributed by atoms with Crippen molar-refractivity contribution in [1.29, 1.82) is 0 Å². The number of hydrogen-bond acceptors (Lipinski definition) is 2. The summed E-state index contributed by atoms with van der Waals surface area (Å²) < 4.78 is 12.7. The summed E-state index contributed by atoms with van der Waals surface area (Å²) in [6.45, 7) is 0.753. The third-order valence-corrected chi connectivity index (χ3v) is 5.02. The molecule has 0 radical (unpaired) electrons. The Kier molecular flexibility index (Phi) is 6.37. The average molecular weight is 295 g/mol. The van der Waals surface area contributed by atoms with Gasteiger partial charge in [-0.1, -0.05) is 25.0 Å². The number of halogens is 1. The molecule has 1 aromatic carbocycles. The van der Waals surface area contributed by atoms with Crippen LogP contribution in [0.15, 0.2) is 24.3 Å². The van der Waals surface area contributed by atoms with Gasteiger partial charge >= 0.3 is 0 Å². The molecule has 110 valence electrons. The molecule has 0 aromatic heterocycles. The van der Waals surface area contributed by atoms with Crippen LogP contribution in [0.1, 0.15) is 37.7 Å². The lowest BCUT2D eigenvalue weighted by Crippen LogP contribution is -2.26. The summed E-state index contributed by atoms with van der Waals surface area (Å²) >= 11 is 1.99. The number of aryl methyl sites for hydroxylation is 1. The molecule has 1 aliphatic carbocycles. The number of rotatable bonds is 7. The van der Waals surface area contributed by atoms with Crippen molar-refractivity contribution in [2.24, 2.45) is 0 Å². The molecule has 0 aliphatic heterocycles. The highest BCUT2D eigenvalue weighted by Gasteiger charge is 2.14. The highest BCUT2D eigenvalue weighted by molar-refractivity contribution is 7.99. The first kappa shape index (κ1) is 15.4. The SMILES string of the molecule is O=C(CCc1ccc(F)cc1)NCCSC1CCCC1. The number of amides is 1. The molecule has 0 heterocycles. The number of carbonyl (C=O) groups is 1. The van der Waals surface area contributed by atoms with E-state index in [0.717, 1.165) is 23.1 Å². The number of thioether (sulfide) groups is 1. The number of nitrogens with one attached hydrogen (secondary N) is 1. The van der Waals surface area contributed by atoms with Gasteiger partial charge in [-0.3, -0.25) is 4.79 Å². The minimum absolute atomic E-state index is 0.0846. The Bertz CT molecular complexity index is 415. The Morgan fingerprint density at radius 3 is 2.65 bits per heavy atom. The predicted molar refractivity (Wildman–Crippen MR) is 82.4 cm³/mol. The molecule has 1 aromatic rings. The van der Waals surface area contributed by atoms with Gasteiger partial charge in [0.05, 0.1) is 0 Å². The Morgan fingerprint density at radius 2 is 1.95 bits per heavy atom. The van der Waals surface area contributed by atoms with E-state index in [4.69, 9.17) is 0 Å². The zero-order valence-electron chi connectivity index (χ0n) is 11.7. The molecule has 20 heavy (non-hydrogen) atoms. The summed E-state index contributed by atoms with van der Waals surface area (Å²) in [6.07, 6.45) is 6.54. The first-order valence-corrected chi connectivity index (χ1v) is 8.41. The lowest BCUT2D eigenvalue weighted by atomic mass is 10.1. The summed E-state index contributed by atoms with van der Waals surface area (Å²) in [4.78, 5) is 11.7. The smallest absolute Gasteiger partial charge is 0.220 e. The zero-order chi connectivity index (χ0) is 14.2. The number of carbonyl (C=O) groups excluding carboxylic acids is 1. The molecule has 0 atom stereocenters. The maximum atomic E-state index is 12.7. The molecule has 0 unspecified atom stereocenters. The third kappa shape index (κ3) is 5.53. The molecule has 4 heteroatoms. The molecule has 1 aliphatic rings. The standard InChI is InChI=1S/C16H22FNOS/c17-14-8-5-13(6-9-14)7-10-16(19)18-11-12-20-15-3-1-2-4-15/h5-6,8-9,15H,1-4,7,10-12H2,(H,18,19). The summed E-state index contributed by atoms with van der Waals surface area (Å²) in [5.74, 6) is 0.857. The Balaban J connectivity index is 1.54. The molecule has 0 bridgehead atoms. The van der Waals surface area contributed by atoms with Crippen LogP contribution in [0.4, 0.5) is 4.39 Å². The molecule has 1 amide bonds. The molecular weight excluding hydrogens is 273 g/mol. The van der Waals surface area contributed by atoms with Gasteiger partial charge in [-0.25, -0.2) is 4.39 Å². The molecule has 2 nitrogen and oxygen atoms in total. The van der Waals surface area contributed by atoms with Crippen molar-refractivity contribution in [1.82, 2.24) is 5.32 Å². The van der Waals surface area contributed by atoms with E-state index in [1.165, 1.54) is 37.8 Å². The van der Waals surface area contributed by atoms with E-state index in [1.54, 1.807) is 12.1 Å². The molecule has 1 saturated carbocycles. The van der Waals surface area contributed by atoms with Crippen molar-refractivity contribution < 1.29 is 9.18 Å². The van der Waals surface area contributed by atoms with Crippen LogP contribution in [-0.2, 0) is 11.2 Å². The lowest BCUT2D eigenvalue weighted by Gasteiger charge is -2.09. The van der Waals surface area contributed by atoms with Crippen molar-refractivity contribution in [3.05, 3.63) is 35.6 Å². The van der Waals surface area contributed by atoms with E-state index < -0.39 is 0 Å². The van der Waals surface area contributed by atoms with E-state index in [-0.39, 0.29) is 11.7 Å². The predicted octanol–water partition coefficient (Wildman–Crippen LogP) is 3.55. The van der Waals surface area contributed by atoms with Crippen molar-refractivity contribution in [2.75, 3.05) is 12.3 Å². The average Bonchev–Trinajstić information content (AvgIpc) is 2.96. The summed E-state index contributed by atoms with van der Waals surface area (Å²) in [7, 11) is 0. The van der Waals surface area contributed by atoms with Crippen molar-refractivity contribution in [3.63, 3.8) is 0 Å². The van der Waals surface area contributed by atoms with E-state index in [9.17, 15) is 9.18 Å². The fourth-order valence-corrected chi connectivity index (χ4v) is 3.69. The fraction of sp³-hybridized carbons (Fsp3) is 0.562. The molecule has 2 rings (SSSR count). The van der Waals surface area contributed by atoms with E-state index in [2.05, 4.69) is 5.32 Å². The molecule has 0 saturated heterocycles. The minimum Gasteiger partial charge on any atom is -0.355 e. The fourth-order valence-electron chi connectivity index (χ4n) is 2.47. The number of hydrogen-bond donors (Lipinski definition) is 1. The summed E-state index contributed by atoms with van der Waals surface area (Å²) in [5.41, 5.74) is 1.00. The zero-order valence-corrected chi connectivity index (χ0v) is 12.6. The topological polar surface area (TPSA) is 29.1 Å². The van der Waals surface area contributed by atoms with Crippen LogP contribution < -0.4 is 5.32 Å². The normalized spacial score (nSPS) is 15.4. The van der Waals surface area contributed by atoms with Gasteiger partial charge in [0.25, 0.3) is 0 Å². The summed E-state index contributed by atoms with van der Waals surface area (Å²) in [5, 5.41) is 3.77. The highest BCUT2D eigenvalue weighted by Crippen LogP contribution is 2.28. The Hall–Kier alpha value is -1.03. The second-order valence-corrected chi connectivity index (χ2v) is 6.66. The van der Waals surface area contributed by atoms with Gasteiger partial charge < -0.3 is 5.32 Å². The van der Waals surface area contributed by atoms with Crippen molar-refractivity contribution in [3.8, 4) is 0 Å². The van der Waals surface area contributed by atoms with Gasteiger partial charge in [-0.15, -0.1) is 0 Å². The first-order chi connectivity index (χ1) is 9.74. The quantitative estimate of drug-likeness (QED) is 0.779. The lowest BCUT2D eigenvalue weighted by molar-refractivity contribution is -0.120. The second-order valence-electron chi connectivity index (χ2n) is 5.25. The molecule has 1 N–H and O–H groups in total. The monoisotopic (exact) mass is 295 g/mol. The molecule has 0 spiro atoms. The van der Waals surface area contributed by atoms with Gasteiger partial charge in [0.2, 0.25) is 5.91 Å². The van der Waals surface area contributed by atoms with Gasteiger partial charge in [-0.05, 0) is 37.0 Å². The van der Waals surface area contributed by atoms with Gasteiger partial charge in [0.15, 0.2) is 0 Å². The van der Waals surface area contributed by atoms with Gasteiger partial charge in [-0.2, -0.15) is 11.8 Å². The third-order valence-electron chi connectivity index (χ3n) is 3.63.